The van der Waals surface area contributed by atoms with E-state index in [4.69, 9.17) is 0 Å². The van der Waals surface area contributed by atoms with Crippen LogP contribution in [0.2, 0.25) is 0 Å². The highest BCUT2D eigenvalue weighted by atomic mass is 32.2. The number of nitrogens with one attached hydrogen (secondary N) is 2. The number of H-pyrrole nitrogens is 1. The van der Waals surface area contributed by atoms with Crippen molar-refractivity contribution in [2.75, 3.05) is 12.0 Å². The van der Waals surface area contributed by atoms with Gasteiger partial charge in [0.15, 0.2) is 0 Å². The summed E-state index contributed by atoms with van der Waals surface area (Å²) >= 11 is 1.64. The molecule has 0 aromatic carbocycles. The molecule has 1 unspecified atom stereocenters. The van der Waals surface area contributed by atoms with E-state index >= 15 is 0 Å². The van der Waals surface area contributed by atoms with Gasteiger partial charge in [-0.25, -0.2) is 8.42 Å². The second-order valence-corrected chi connectivity index (χ2v) is 7.75. The largest absolute Gasteiger partial charge is 0.309 e. The van der Waals surface area contributed by atoms with Gasteiger partial charge in [0.05, 0.1) is 22.5 Å². The van der Waals surface area contributed by atoms with Crippen LogP contribution >= 0.6 is 11.3 Å². The summed E-state index contributed by atoms with van der Waals surface area (Å²) in [5, 5.41) is 12.3. The number of aromatic amines is 1. The first-order valence-electron chi connectivity index (χ1n) is 5.93. The first-order chi connectivity index (χ1) is 8.96. The molecule has 0 aliphatic rings. The third-order valence-corrected chi connectivity index (χ3v) is 4.67. The number of rotatable bonds is 6. The molecule has 2 heterocycles. The van der Waals surface area contributed by atoms with Crippen LogP contribution in [0.25, 0.3) is 10.6 Å². The SMILES string of the molecule is CC(CS(C)(=O)=O)NCc1cn[nH]c1-c1cccs1. The van der Waals surface area contributed by atoms with E-state index in [1.807, 2.05) is 24.4 Å². The molecule has 19 heavy (non-hydrogen) atoms. The number of thiophene rings is 1. The van der Waals surface area contributed by atoms with E-state index in [1.165, 1.54) is 6.26 Å². The molecule has 0 saturated carbocycles. The summed E-state index contributed by atoms with van der Waals surface area (Å²) in [6.45, 7) is 2.46. The summed E-state index contributed by atoms with van der Waals surface area (Å²) in [6, 6.07) is 3.94. The van der Waals surface area contributed by atoms with Crippen LogP contribution in [0, 0.1) is 0 Å². The van der Waals surface area contributed by atoms with Crippen LogP contribution in [-0.4, -0.2) is 36.7 Å². The highest BCUT2D eigenvalue weighted by Crippen LogP contribution is 2.25. The molecule has 0 bridgehead atoms. The zero-order valence-electron chi connectivity index (χ0n) is 10.9. The molecule has 2 N–H and O–H groups in total. The average Bonchev–Trinajstić information content (AvgIpc) is 2.94. The minimum absolute atomic E-state index is 0.0823. The molecule has 2 aromatic heterocycles. The summed E-state index contributed by atoms with van der Waals surface area (Å²) in [7, 11) is -2.95. The summed E-state index contributed by atoms with van der Waals surface area (Å²) < 4.78 is 22.4. The smallest absolute Gasteiger partial charge is 0.148 e. The van der Waals surface area contributed by atoms with Crippen molar-refractivity contribution in [3.8, 4) is 10.6 Å². The molecule has 0 spiro atoms. The maximum atomic E-state index is 11.2. The quantitative estimate of drug-likeness (QED) is 0.850. The fourth-order valence-electron chi connectivity index (χ4n) is 1.88. The number of sulfone groups is 1. The topological polar surface area (TPSA) is 74.8 Å². The van der Waals surface area contributed by atoms with Crippen molar-refractivity contribution in [2.45, 2.75) is 19.5 Å². The zero-order chi connectivity index (χ0) is 13.9. The fraction of sp³-hybridized carbons (Fsp3) is 0.417. The van der Waals surface area contributed by atoms with Crippen molar-refractivity contribution in [1.29, 1.82) is 0 Å². The Labute approximate surface area is 117 Å². The van der Waals surface area contributed by atoms with Crippen LogP contribution < -0.4 is 5.32 Å². The summed E-state index contributed by atoms with van der Waals surface area (Å²) in [5.41, 5.74) is 2.04. The molecular weight excluding hydrogens is 282 g/mol. The van der Waals surface area contributed by atoms with Crippen molar-refractivity contribution in [3.05, 3.63) is 29.3 Å². The third kappa shape index (κ3) is 4.15. The Kier molecular flexibility index (Phi) is 4.38. The van der Waals surface area contributed by atoms with Crippen LogP contribution in [0.5, 0.6) is 0 Å². The van der Waals surface area contributed by atoms with Crippen LogP contribution in [0.1, 0.15) is 12.5 Å². The third-order valence-electron chi connectivity index (χ3n) is 2.68. The van der Waals surface area contributed by atoms with E-state index < -0.39 is 9.84 Å². The van der Waals surface area contributed by atoms with Crippen LogP contribution in [0.15, 0.2) is 23.7 Å². The van der Waals surface area contributed by atoms with Gasteiger partial charge in [-0.05, 0) is 18.4 Å². The van der Waals surface area contributed by atoms with Crippen molar-refractivity contribution in [2.24, 2.45) is 0 Å². The van der Waals surface area contributed by atoms with E-state index in [0.717, 1.165) is 16.1 Å². The molecule has 0 aliphatic heterocycles. The minimum Gasteiger partial charge on any atom is -0.309 e. The zero-order valence-corrected chi connectivity index (χ0v) is 12.5. The monoisotopic (exact) mass is 299 g/mol. The van der Waals surface area contributed by atoms with Gasteiger partial charge >= 0.3 is 0 Å². The van der Waals surface area contributed by atoms with E-state index in [9.17, 15) is 8.42 Å². The molecule has 104 valence electrons. The van der Waals surface area contributed by atoms with Crippen molar-refractivity contribution < 1.29 is 8.42 Å². The summed E-state index contributed by atoms with van der Waals surface area (Å²) in [6.07, 6.45) is 3.02. The highest BCUT2D eigenvalue weighted by molar-refractivity contribution is 7.90. The lowest BCUT2D eigenvalue weighted by Crippen LogP contribution is -2.32. The molecule has 0 fully saturated rings. The van der Waals surface area contributed by atoms with Crippen LogP contribution in [0.4, 0.5) is 0 Å². The maximum Gasteiger partial charge on any atom is 0.148 e. The van der Waals surface area contributed by atoms with Crippen LogP contribution in [-0.2, 0) is 16.4 Å². The molecular formula is C12H17N3O2S2. The van der Waals surface area contributed by atoms with Gasteiger partial charge in [0.25, 0.3) is 0 Å². The minimum atomic E-state index is -2.95. The molecule has 7 heteroatoms. The Hall–Kier alpha value is -1.18. The predicted octanol–water partition coefficient (Wildman–Crippen LogP) is 1.66. The molecule has 0 radical (unpaired) electrons. The van der Waals surface area contributed by atoms with Gasteiger partial charge in [-0.2, -0.15) is 5.10 Å². The Morgan fingerprint density at radius 3 is 2.95 bits per heavy atom. The molecule has 0 saturated heterocycles. The summed E-state index contributed by atoms with van der Waals surface area (Å²) in [4.78, 5) is 1.13. The molecule has 5 nitrogen and oxygen atoms in total. The van der Waals surface area contributed by atoms with E-state index in [1.54, 1.807) is 17.5 Å². The van der Waals surface area contributed by atoms with Crippen molar-refractivity contribution in [1.82, 2.24) is 15.5 Å². The van der Waals surface area contributed by atoms with E-state index in [2.05, 4.69) is 15.5 Å². The first kappa shape index (κ1) is 14.2. The van der Waals surface area contributed by atoms with Gasteiger partial charge in [-0.15, -0.1) is 11.3 Å². The highest BCUT2D eigenvalue weighted by Gasteiger charge is 2.12. The average molecular weight is 299 g/mol. The molecule has 2 rings (SSSR count). The standard InChI is InChI=1S/C12H17N3O2S2/c1-9(8-19(2,16)17)13-6-10-7-14-15-12(10)11-4-3-5-18-11/h3-5,7,9,13H,6,8H2,1-2H3,(H,14,15). The summed E-state index contributed by atoms with van der Waals surface area (Å²) in [5.74, 6) is 0.138. The number of hydrogen-bond acceptors (Lipinski definition) is 5. The molecule has 1 atom stereocenters. The van der Waals surface area contributed by atoms with Crippen LogP contribution in [0.3, 0.4) is 0 Å². The van der Waals surface area contributed by atoms with E-state index in [0.29, 0.717) is 6.54 Å². The lowest BCUT2D eigenvalue weighted by molar-refractivity contribution is 0.560. The van der Waals surface area contributed by atoms with Crippen molar-refractivity contribution >= 4 is 21.2 Å². The Balaban J connectivity index is 1.99. The predicted molar refractivity (Wildman–Crippen MR) is 77.9 cm³/mol. The number of hydrogen-bond donors (Lipinski definition) is 2. The lowest BCUT2D eigenvalue weighted by atomic mass is 10.2. The molecule has 2 aromatic rings. The first-order valence-corrected chi connectivity index (χ1v) is 8.87. The van der Waals surface area contributed by atoms with Gasteiger partial charge in [0, 0.05) is 24.4 Å². The van der Waals surface area contributed by atoms with Gasteiger partial charge < -0.3 is 5.32 Å². The second kappa shape index (κ2) is 5.85. The van der Waals surface area contributed by atoms with Gasteiger partial charge in [0.1, 0.15) is 9.84 Å². The molecule has 0 aliphatic carbocycles. The van der Waals surface area contributed by atoms with Gasteiger partial charge in [-0.3, -0.25) is 5.10 Å². The number of aromatic nitrogens is 2. The lowest BCUT2D eigenvalue weighted by Gasteiger charge is -2.12. The van der Waals surface area contributed by atoms with Gasteiger partial charge in [0.2, 0.25) is 0 Å². The second-order valence-electron chi connectivity index (χ2n) is 4.62. The Bertz CT molecular complexity index is 617. The van der Waals surface area contributed by atoms with Crippen molar-refractivity contribution in [3.63, 3.8) is 0 Å². The Morgan fingerprint density at radius 1 is 1.53 bits per heavy atom. The maximum absolute atomic E-state index is 11.2. The molecule has 0 amide bonds. The Morgan fingerprint density at radius 2 is 2.32 bits per heavy atom. The number of nitrogens with zero attached hydrogens (tertiary/aromatic N) is 1. The van der Waals surface area contributed by atoms with Gasteiger partial charge in [-0.1, -0.05) is 6.07 Å². The normalized spacial score (nSPS) is 13.6. The fourth-order valence-corrected chi connectivity index (χ4v) is 3.66. The van der Waals surface area contributed by atoms with E-state index in [-0.39, 0.29) is 11.8 Å².